The summed E-state index contributed by atoms with van der Waals surface area (Å²) in [6.45, 7) is 3.73. The van der Waals surface area contributed by atoms with Crippen molar-refractivity contribution in [3.05, 3.63) is 53.6 Å². The molecular formula is C26H29ClN2O6. The number of fused-ring (bicyclic) bond motifs is 2. The van der Waals surface area contributed by atoms with Crippen molar-refractivity contribution in [2.24, 2.45) is 11.8 Å². The van der Waals surface area contributed by atoms with Gasteiger partial charge in [-0.1, -0.05) is 42.8 Å². The Bertz CT molecular complexity index is 1100. The maximum Gasteiger partial charge on any atom is 0.313 e. The highest BCUT2D eigenvalue weighted by Crippen LogP contribution is 2.58. The maximum absolute atomic E-state index is 14.2. The van der Waals surface area contributed by atoms with E-state index in [0.29, 0.717) is 23.6 Å². The molecule has 1 aromatic rings. The number of aliphatic hydroxyl groups is 1. The molecule has 2 amide bonds. The number of carbonyl (C=O) groups is 3. The SMILES string of the molecule is CC[C@@]12C=CCCOC(=O)[C@@H]1[C@H]1C(=O)N([C@H](C)CO)C3C(=O)N(c4ccc(Cl)cc4)CC=C[C@@]31O2. The molecule has 2 saturated heterocycles. The van der Waals surface area contributed by atoms with Gasteiger partial charge < -0.3 is 24.4 Å². The molecule has 0 radical (unpaired) electrons. The number of likely N-dealkylation sites (tertiary alicyclic amines) is 1. The third kappa shape index (κ3) is 3.45. The summed E-state index contributed by atoms with van der Waals surface area (Å²) in [4.78, 5) is 44.5. The first kappa shape index (κ1) is 24.0. The number of rotatable bonds is 4. The number of ether oxygens (including phenoxy) is 2. The van der Waals surface area contributed by atoms with Gasteiger partial charge in [0.1, 0.15) is 23.2 Å². The molecule has 8 nitrogen and oxygen atoms in total. The van der Waals surface area contributed by atoms with E-state index in [0.717, 1.165) is 0 Å². The Morgan fingerprint density at radius 3 is 2.54 bits per heavy atom. The van der Waals surface area contributed by atoms with Crippen LogP contribution in [0.1, 0.15) is 26.7 Å². The number of halogens is 1. The van der Waals surface area contributed by atoms with Gasteiger partial charge >= 0.3 is 5.97 Å². The van der Waals surface area contributed by atoms with Crippen LogP contribution in [0.25, 0.3) is 0 Å². The van der Waals surface area contributed by atoms with Crippen molar-refractivity contribution in [3.63, 3.8) is 0 Å². The van der Waals surface area contributed by atoms with Crippen LogP contribution in [0, 0.1) is 11.8 Å². The summed E-state index contributed by atoms with van der Waals surface area (Å²) in [5.41, 5.74) is -1.83. The summed E-state index contributed by atoms with van der Waals surface area (Å²) in [6.07, 6.45) is 8.36. The Hall–Kier alpha value is -2.68. The highest BCUT2D eigenvalue weighted by molar-refractivity contribution is 6.30. The lowest BCUT2D eigenvalue weighted by atomic mass is 9.73. The van der Waals surface area contributed by atoms with Crippen molar-refractivity contribution in [2.45, 2.75) is 50.0 Å². The van der Waals surface area contributed by atoms with Gasteiger partial charge in [-0.15, -0.1) is 0 Å². The summed E-state index contributed by atoms with van der Waals surface area (Å²) in [7, 11) is 0. The van der Waals surface area contributed by atoms with Crippen LogP contribution < -0.4 is 4.90 Å². The van der Waals surface area contributed by atoms with Gasteiger partial charge in [-0.25, -0.2) is 0 Å². The zero-order valence-electron chi connectivity index (χ0n) is 19.7. The molecule has 4 aliphatic heterocycles. The molecule has 0 aliphatic carbocycles. The van der Waals surface area contributed by atoms with E-state index in [-0.39, 0.29) is 25.7 Å². The molecule has 1 spiro atoms. The topological polar surface area (TPSA) is 96.4 Å². The van der Waals surface area contributed by atoms with Crippen LogP contribution in [0.3, 0.4) is 0 Å². The standard InChI is InChI=1S/C26H29ClN2O6/c1-3-25-11-4-5-14-34-24(33)20(25)19-22(31)29(16(2)15-30)21-23(32)28(13-6-12-26(19,21)35-25)18-9-7-17(27)8-10-18/h4,6-12,16,19-21,30H,3,5,13-15H2,1-2H3/t16-,19+,20+,21?,25-,26+/m1/s1. The Morgan fingerprint density at radius 1 is 1.11 bits per heavy atom. The van der Waals surface area contributed by atoms with Crippen LogP contribution in [0.15, 0.2) is 48.6 Å². The van der Waals surface area contributed by atoms with E-state index in [1.807, 2.05) is 25.2 Å². The fourth-order valence-electron chi connectivity index (χ4n) is 6.08. The smallest absolute Gasteiger partial charge is 0.313 e. The number of esters is 1. The number of aliphatic hydroxyl groups excluding tert-OH is 1. The number of hydrogen-bond acceptors (Lipinski definition) is 6. The van der Waals surface area contributed by atoms with Crippen molar-refractivity contribution in [3.8, 4) is 0 Å². The molecule has 0 aromatic heterocycles. The summed E-state index contributed by atoms with van der Waals surface area (Å²) >= 11 is 6.06. The lowest BCUT2D eigenvalue weighted by molar-refractivity contribution is -0.161. The van der Waals surface area contributed by atoms with Crippen molar-refractivity contribution < 1.29 is 29.0 Å². The van der Waals surface area contributed by atoms with E-state index in [4.69, 9.17) is 21.1 Å². The largest absolute Gasteiger partial charge is 0.465 e. The van der Waals surface area contributed by atoms with Gasteiger partial charge in [0.25, 0.3) is 5.91 Å². The van der Waals surface area contributed by atoms with Gasteiger partial charge in [0.2, 0.25) is 5.91 Å². The average Bonchev–Trinajstić information content (AvgIpc) is 3.20. The number of cyclic esters (lactones) is 1. The Kier molecular flexibility index (Phi) is 6.02. The molecule has 6 atom stereocenters. The molecule has 2 fully saturated rings. The monoisotopic (exact) mass is 500 g/mol. The highest BCUT2D eigenvalue weighted by Gasteiger charge is 2.75. The first-order chi connectivity index (χ1) is 16.8. The number of amides is 2. The summed E-state index contributed by atoms with van der Waals surface area (Å²) in [6, 6.07) is 5.18. The van der Waals surface area contributed by atoms with Gasteiger partial charge in [0.05, 0.1) is 25.2 Å². The molecule has 4 aliphatic rings. The van der Waals surface area contributed by atoms with Crippen LogP contribution >= 0.6 is 11.6 Å². The van der Waals surface area contributed by atoms with Gasteiger partial charge in [0.15, 0.2) is 0 Å². The second kappa shape index (κ2) is 8.76. The van der Waals surface area contributed by atoms with E-state index in [9.17, 15) is 19.5 Å². The second-order valence-electron chi connectivity index (χ2n) is 9.59. The van der Waals surface area contributed by atoms with Crippen LogP contribution in [0.5, 0.6) is 0 Å². The van der Waals surface area contributed by atoms with Crippen molar-refractivity contribution in [1.29, 1.82) is 0 Å². The third-order valence-electron chi connectivity index (χ3n) is 7.72. The van der Waals surface area contributed by atoms with Crippen molar-refractivity contribution >= 4 is 35.1 Å². The lowest BCUT2D eigenvalue weighted by Crippen LogP contribution is -2.58. The molecule has 1 N–H and O–H groups in total. The van der Waals surface area contributed by atoms with Crippen LogP contribution in [-0.2, 0) is 23.9 Å². The summed E-state index contributed by atoms with van der Waals surface area (Å²) < 4.78 is 12.3. The van der Waals surface area contributed by atoms with Crippen LogP contribution in [0.4, 0.5) is 5.69 Å². The molecule has 186 valence electrons. The van der Waals surface area contributed by atoms with Gasteiger partial charge in [-0.2, -0.15) is 0 Å². The second-order valence-corrected chi connectivity index (χ2v) is 10.0. The molecule has 0 bridgehead atoms. The van der Waals surface area contributed by atoms with Crippen LogP contribution in [0.2, 0.25) is 5.02 Å². The highest BCUT2D eigenvalue weighted by atomic mass is 35.5. The van der Waals surface area contributed by atoms with Crippen molar-refractivity contribution in [1.82, 2.24) is 4.90 Å². The van der Waals surface area contributed by atoms with E-state index in [1.165, 1.54) is 4.90 Å². The zero-order chi connectivity index (χ0) is 25.0. The minimum absolute atomic E-state index is 0.221. The Balaban J connectivity index is 1.68. The van der Waals surface area contributed by atoms with Gasteiger partial charge in [0, 0.05) is 17.3 Å². The van der Waals surface area contributed by atoms with Gasteiger partial charge in [-0.3, -0.25) is 14.4 Å². The molecule has 35 heavy (non-hydrogen) atoms. The predicted octanol–water partition coefficient (Wildman–Crippen LogP) is 2.49. The summed E-state index contributed by atoms with van der Waals surface area (Å²) in [5, 5.41) is 10.5. The van der Waals surface area contributed by atoms with E-state index >= 15 is 0 Å². The molecule has 1 unspecified atom stereocenters. The third-order valence-corrected chi connectivity index (χ3v) is 7.97. The predicted molar refractivity (Wildman–Crippen MR) is 129 cm³/mol. The van der Waals surface area contributed by atoms with E-state index in [2.05, 4.69) is 0 Å². The van der Waals surface area contributed by atoms with Crippen molar-refractivity contribution in [2.75, 3.05) is 24.7 Å². The minimum atomic E-state index is -1.38. The molecule has 1 aromatic carbocycles. The first-order valence-electron chi connectivity index (χ1n) is 12.0. The summed E-state index contributed by atoms with van der Waals surface area (Å²) in [5.74, 6) is -3.09. The maximum atomic E-state index is 14.2. The number of anilines is 1. The molecule has 9 heteroatoms. The van der Waals surface area contributed by atoms with E-state index in [1.54, 1.807) is 42.2 Å². The zero-order valence-corrected chi connectivity index (χ0v) is 20.5. The number of benzene rings is 1. The number of nitrogens with zero attached hydrogens (tertiary/aromatic N) is 2. The first-order valence-corrected chi connectivity index (χ1v) is 12.4. The fraction of sp³-hybridized carbons (Fsp3) is 0.500. The molecular weight excluding hydrogens is 472 g/mol. The molecule has 0 saturated carbocycles. The quantitative estimate of drug-likeness (QED) is 0.504. The lowest BCUT2D eigenvalue weighted by Gasteiger charge is -2.40. The molecule has 5 rings (SSSR count). The molecule has 4 heterocycles. The Labute approximate surface area is 209 Å². The minimum Gasteiger partial charge on any atom is -0.465 e. The van der Waals surface area contributed by atoms with Gasteiger partial charge in [-0.05, 0) is 44.0 Å². The number of hydrogen-bond donors (Lipinski definition) is 1. The Morgan fingerprint density at radius 2 is 1.86 bits per heavy atom. The fourth-order valence-corrected chi connectivity index (χ4v) is 6.21. The number of carbonyl (C=O) groups excluding carboxylic acids is 3. The van der Waals surface area contributed by atoms with Crippen LogP contribution in [-0.4, -0.2) is 70.8 Å². The normalized spacial score (nSPS) is 35.1. The van der Waals surface area contributed by atoms with E-state index < -0.39 is 47.0 Å². The average molecular weight is 501 g/mol.